The number of ketones is 1. The Bertz CT molecular complexity index is 1600. The smallest absolute Gasteiger partial charge is 0.269 e. The van der Waals surface area contributed by atoms with Gasteiger partial charge in [-0.1, -0.05) is 30.3 Å². The van der Waals surface area contributed by atoms with Crippen molar-refractivity contribution >= 4 is 29.4 Å². The topological polar surface area (TPSA) is 119 Å². The molecule has 0 spiro atoms. The Balaban J connectivity index is 1.28. The van der Waals surface area contributed by atoms with Gasteiger partial charge in [0, 0.05) is 23.9 Å². The second kappa shape index (κ2) is 8.52. The van der Waals surface area contributed by atoms with Crippen LogP contribution in [-0.2, 0) is 16.1 Å². The molecule has 0 saturated carbocycles. The van der Waals surface area contributed by atoms with E-state index in [1.807, 2.05) is 35.2 Å². The minimum atomic E-state index is -0.940. The van der Waals surface area contributed by atoms with E-state index in [-0.39, 0.29) is 36.3 Å². The largest absolute Gasteiger partial charge is 0.454 e. The Kier molecular flexibility index (Phi) is 5.06. The molecule has 194 valence electrons. The number of nitrogens with zero attached hydrogens (tertiary/aromatic N) is 3. The summed E-state index contributed by atoms with van der Waals surface area (Å²) in [6.07, 6.45) is 3.66. The van der Waals surface area contributed by atoms with Crippen LogP contribution < -0.4 is 9.47 Å². The lowest BCUT2D eigenvalue weighted by atomic mass is 9.83. The Morgan fingerprint density at radius 3 is 2.49 bits per heavy atom. The first kappa shape index (κ1) is 23.2. The number of non-ortho nitro benzene ring substituents is 1. The number of nitro benzene ring substituents is 1. The molecule has 3 aromatic rings. The molecule has 0 N–H and O–H groups in total. The highest BCUT2D eigenvalue weighted by atomic mass is 16.7. The van der Waals surface area contributed by atoms with Crippen LogP contribution >= 0.6 is 0 Å². The minimum Gasteiger partial charge on any atom is -0.454 e. The van der Waals surface area contributed by atoms with Gasteiger partial charge in [0.05, 0.1) is 29.3 Å². The van der Waals surface area contributed by atoms with E-state index in [1.165, 1.54) is 29.2 Å². The number of likely N-dealkylation sites (tertiary alicyclic amines) is 1. The number of hydrogen-bond acceptors (Lipinski definition) is 8. The summed E-state index contributed by atoms with van der Waals surface area (Å²) in [6.45, 7) is 0.158. The molecular weight excluding hydrogens is 502 g/mol. The van der Waals surface area contributed by atoms with Crippen LogP contribution in [0.25, 0.3) is 6.08 Å². The number of amides is 2. The lowest BCUT2D eigenvalue weighted by Crippen LogP contribution is -2.44. The number of Topliss-reactive ketones (excluding diaryl/α,β-unsaturated/α-hetero) is 1. The first-order valence-corrected chi connectivity index (χ1v) is 12.5. The summed E-state index contributed by atoms with van der Waals surface area (Å²) in [5.74, 6) is -1.62. The third-order valence-corrected chi connectivity index (χ3v) is 7.96. The van der Waals surface area contributed by atoms with Gasteiger partial charge in [0.15, 0.2) is 17.3 Å². The third kappa shape index (κ3) is 3.44. The van der Waals surface area contributed by atoms with Crippen molar-refractivity contribution < 1.29 is 28.8 Å². The SMILES string of the molecule is O=C(c1ccc([N+](=O)[O-])cc1)C1C2C(=O)N(Cc3ccc4c(c3)OCO4)C(=O)C2C2c3ccccc3C=CN12. The highest BCUT2D eigenvalue weighted by molar-refractivity contribution is 6.12. The molecular formula is C29H21N3O7. The molecule has 3 aromatic carbocycles. The number of hydrogen-bond donors (Lipinski definition) is 0. The molecule has 10 nitrogen and oxygen atoms in total. The maximum absolute atomic E-state index is 13.9. The highest BCUT2D eigenvalue weighted by Crippen LogP contribution is 2.53. The molecule has 7 rings (SSSR count). The van der Waals surface area contributed by atoms with Gasteiger partial charge in [-0.2, -0.15) is 0 Å². The van der Waals surface area contributed by atoms with Crippen molar-refractivity contribution in [1.29, 1.82) is 0 Å². The molecule has 2 fully saturated rings. The second-order valence-electron chi connectivity index (χ2n) is 9.95. The maximum atomic E-state index is 13.9. The number of imide groups is 1. The van der Waals surface area contributed by atoms with Gasteiger partial charge in [0.2, 0.25) is 18.6 Å². The molecule has 4 aliphatic heterocycles. The van der Waals surface area contributed by atoms with Crippen LogP contribution in [0, 0.1) is 22.0 Å². The lowest BCUT2D eigenvalue weighted by Gasteiger charge is -2.35. The standard InChI is InChI=1S/C29H21N3O7/c33-27(18-6-8-19(9-7-18)32(36)37)26-24-23(25-20-4-2-1-3-17(20)11-12-30(25)26)28(34)31(29(24)35)14-16-5-10-21-22(13-16)39-15-38-21/h1-13,23-26H,14-15H2. The van der Waals surface area contributed by atoms with Crippen molar-refractivity contribution in [2.24, 2.45) is 11.8 Å². The molecule has 4 heterocycles. The first-order valence-electron chi connectivity index (χ1n) is 12.5. The molecule has 0 bridgehead atoms. The van der Waals surface area contributed by atoms with Gasteiger partial charge in [-0.25, -0.2) is 0 Å². The Hall–Kier alpha value is -4.99. The summed E-state index contributed by atoms with van der Waals surface area (Å²) >= 11 is 0. The fraction of sp³-hybridized carbons (Fsp3) is 0.207. The molecule has 4 aliphatic rings. The van der Waals surface area contributed by atoms with Crippen LogP contribution in [0.15, 0.2) is 72.9 Å². The molecule has 2 amide bonds. The molecule has 39 heavy (non-hydrogen) atoms. The van der Waals surface area contributed by atoms with Gasteiger partial charge in [-0.3, -0.25) is 29.4 Å². The van der Waals surface area contributed by atoms with Crippen molar-refractivity contribution in [3.63, 3.8) is 0 Å². The van der Waals surface area contributed by atoms with Crippen LogP contribution in [0.1, 0.15) is 33.1 Å². The number of rotatable bonds is 5. The van der Waals surface area contributed by atoms with Crippen molar-refractivity contribution in [3.05, 3.63) is 105 Å². The summed E-state index contributed by atoms with van der Waals surface area (Å²) in [5.41, 5.74) is 2.62. The van der Waals surface area contributed by atoms with E-state index in [4.69, 9.17) is 9.47 Å². The number of benzene rings is 3. The number of carbonyl (C=O) groups excluding carboxylic acids is 3. The fourth-order valence-electron chi connectivity index (χ4n) is 6.21. The van der Waals surface area contributed by atoms with Gasteiger partial charge in [0.1, 0.15) is 6.04 Å². The highest BCUT2D eigenvalue weighted by Gasteiger charge is 2.64. The third-order valence-electron chi connectivity index (χ3n) is 7.96. The average molecular weight is 524 g/mol. The quantitative estimate of drug-likeness (QED) is 0.215. The molecule has 4 atom stereocenters. The molecule has 0 aliphatic carbocycles. The number of fused-ring (bicyclic) bond motifs is 6. The zero-order chi connectivity index (χ0) is 26.8. The van der Waals surface area contributed by atoms with Crippen LogP contribution in [0.3, 0.4) is 0 Å². The summed E-state index contributed by atoms with van der Waals surface area (Å²) in [5, 5.41) is 11.1. The summed E-state index contributed by atoms with van der Waals surface area (Å²) < 4.78 is 10.8. The van der Waals surface area contributed by atoms with E-state index < -0.39 is 34.7 Å². The predicted molar refractivity (Wildman–Crippen MR) is 136 cm³/mol. The Labute approximate surface area is 222 Å². The van der Waals surface area contributed by atoms with E-state index in [0.717, 1.165) is 11.1 Å². The monoisotopic (exact) mass is 523 g/mol. The lowest BCUT2D eigenvalue weighted by molar-refractivity contribution is -0.384. The van der Waals surface area contributed by atoms with E-state index in [1.54, 1.807) is 24.4 Å². The van der Waals surface area contributed by atoms with Crippen LogP contribution in [0.2, 0.25) is 0 Å². The van der Waals surface area contributed by atoms with Crippen LogP contribution in [0.5, 0.6) is 11.5 Å². The van der Waals surface area contributed by atoms with Crippen molar-refractivity contribution in [2.75, 3.05) is 6.79 Å². The van der Waals surface area contributed by atoms with Crippen LogP contribution in [-0.4, -0.2) is 45.2 Å². The van der Waals surface area contributed by atoms with Gasteiger partial charge < -0.3 is 14.4 Å². The second-order valence-corrected chi connectivity index (χ2v) is 9.95. The van der Waals surface area contributed by atoms with Crippen LogP contribution in [0.4, 0.5) is 5.69 Å². The summed E-state index contributed by atoms with van der Waals surface area (Å²) in [6, 6.07) is 16.8. The summed E-state index contributed by atoms with van der Waals surface area (Å²) in [7, 11) is 0. The Morgan fingerprint density at radius 2 is 1.69 bits per heavy atom. The molecule has 4 unspecified atom stereocenters. The average Bonchev–Trinajstić information content (AvgIpc) is 3.62. The van der Waals surface area contributed by atoms with E-state index in [2.05, 4.69) is 0 Å². The molecule has 0 radical (unpaired) electrons. The molecule has 10 heteroatoms. The van der Waals surface area contributed by atoms with E-state index >= 15 is 0 Å². The Morgan fingerprint density at radius 1 is 0.949 bits per heavy atom. The van der Waals surface area contributed by atoms with Gasteiger partial charge in [-0.15, -0.1) is 0 Å². The number of ether oxygens (including phenoxy) is 2. The normalized spacial score (nSPS) is 24.0. The van der Waals surface area contributed by atoms with E-state index in [9.17, 15) is 24.5 Å². The van der Waals surface area contributed by atoms with Gasteiger partial charge in [-0.05, 0) is 47.0 Å². The van der Waals surface area contributed by atoms with Crippen molar-refractivity contribution in [3.8, 4) is 11.5 Å². The minimum absolute atomic E-state index is 0.0456. The number of nitro groups is 1. The first-order chi connectivity index (χ1) is 18.9. The predicted octanol–water partition coefficient (Wildman–Crippen LogP) is 3.72. The summed E-state index contributed by atoms with van der Waals surface area (Å²) in [4.78, 5) is 55.4. The van der Waals surface area contributed by atoms with Crippen molar-refractivity contribution in [1.82, 2.24) is 9.80 Å². The number of carbonyl (C=O) groups is 3. The zero-order valence-electron chi connectivity index (χ0n) is 20.4. The molecule has 2 saturated heterocycles. The fourth-order valence-corrected chi connectivity index (χ4v) is 6.21. The zero-order valence-corrected chi connectivity index (χ0v) is 20.4. The molecule has 0 aromatic heterocycles. The van der Waals surface area contributed by atoms with E-state index in [0.29, 0.717) is 17.1 Å². The maximum Gasteiger partial charge on any atom is 0.269 e. The van der Waals surface area contributed by atoms with Crippen molar-refractivity contribution in [2.45, 2.75) is 18.6 Å². The van der Waals surface area contributed by atoms with Gasteiger partial charge >= 0.3 is 0 Å². The van der Waals surface area contributed by atoms with Gasteiger partial charge in [0.25, 0.3) is 5.69 Å².